The number of aryl methyl sites for hydroxylation is 1. The molecular formula is C11H12FN3O5S. The van der Waals surface area contributed by atoms with E-state index in [1.54, 1.807) is 0 Å². The Balaban J connectivity index is 2.15. The Morgan fingerprint density at radius 2 is 2.14 bits per heavy atom. The first-order chi connectivity index (χ1) is 9.76. The molecule has 1 aliphatic heterocycles. The summed E-state index contributed by atoms with van der Waals surface area (Å²) in [7, 11) is -4.19. The second-order valence-corrected chi connectivity index (χ2v) is 6.00. The number of aromatic nitrogens is 1. The van der Waals surface area contributed by atoms with E-state index in [2.05, 4.69) is 10.3 Å². The average molecular weight is 317 g/mol. The van der Waals surface area contributed by atoms with Crippen molar-refractivity contribution in [1.82, 2.24) is 10.3 Å². The van der Waals surface area contributed by atoms with Gasteiger partial charge in [-0.3, -0.25) is 19.6 Å². The van der Waals surface area contributed by atoms with Crippen molar-refractivity contribution in [1.29, 1.82) is 0 Å². The fraction of sp³-hybridized carbons (Fsp3) is 0.364. The summed E-state index contributed by atoms with van der Waals surface area (Å²) in [6, 6.07) is 0.290. The topological polar surface area (TPSA) is 117 Å². The van der Waals surface area contributed by atoms with Crippen LogP contribution in [0.3, 0.4) is 0 Å². The van der Waals surface area contributed by atoms with Crippen molar-refractivity contribution in [2.45, 2.75) is 12.8 Å². The van der Waals surface area contributed by atoms with Crippen molar-refractivity contribution in [3.05, 3.63) is 23.6 Å². The highest BCUT2D eigenvalue weighted by Gasteiger charge is 2.25. The fourth-order valence-corrected chi connectivity index (χ4v) is 2.28. The SMILES string of the molecule is O=C1CCN(c2cc(F)c(CCS(=O)(=O)O)cn2)C(=O)N1. The maximum absolute atomic E-state index is 13.8. The molecule has 1 aliphatic rings. The number of hydrogen-bond donors (Lipinski definition) is 2. The molecule has 0 aliphatic carbocycles. The van der Waals surface area contributed by atoms with Crippen molar-refractivity contribution in [3.63, 3.8) is 0 Å². The van der Waals surface area contributed by atoms with E-state index in [0.717, 1.165) is 17.2 Å². The Bertz CT molecular complexity index is 691. The zero-order valence-electron chi connectivity index (χ0n) is 10.7. The first-order valence-electron chi connectivity index (χ1n) is 5.97. The molecule has 3 amide bonds. The number of anilines is 1. The predicted octanol–water partition coefficient (Wildman–Crippen LogP) is 0.0973. The molecule has 1 saturated heterocycles. The van der Waals surface area contributed by atoms with Gasteiger partial charge in [-0.2, -0.15) is 8.42 Å². The summed E-state index contributed by atoms with van der Waals surface area (Å²) in [5, 5.41) is 2.08. The first-order valence-corrected chi connectivity index (χ1v) is 7.58. The smallest absolute Gasteiger partial charge is 0.286 e. The van der Waals surface area contributed by atoms with Crippen LogP contribution in [0, 0.1) is 5.82 Å². The lowest BCUT2D eigenvalue weighted by molar-refractivity contribution is -0.120. The number of hydrogen-bond acceptors (Lipinski definition) is 5. The molecule has 0 saturated carbocycles. The lowest BCUT2D eigenvalue weighted by Gasteiger charge is -2.25. The molecule has 114 valence electrons. The van der Waals surface area contributed by atoms with Gasteiger partial charge in [0.15, 0.2) is 0 Å². The van der Waals surface area contributed by atoms with Gasteiger partial charge in [0.25, 0.3) is 10.1 Å². The maximum Gasteiger partial charge on any atom is 0.329 e. The normalized spacial score (nSPS) is 16.0. The van der Waals surface area contributed by atoms with Crippen molar-refractivity contribution in [2.75, 3.05) is 17.2 Å². The van der Waals surface area contributed by atoms with Crippen LogP contribution < -0.4 is 10.2 Å². The van der Waals surface area contributed by atoms with Gasteiger partial charge in [0.1, 0.15) is 11.6 Å². The van der Waals surface area contributed by atoms with Crippen LogP contribution in [0.5, 0.6) is 0 Å². The number of imide groups is 1. The van der Waals surface area contributed by atoms with Gasteiger partial charge in [0, 0.05) is 30.8 Å². The zero-order valence-corrected chi connectivity index (χ0v) is 11.6. The van der Waals surface area contributed by atoms with Crippen LogP contribution in [0.4, 0.5) is 15.0 Å². The summed E-state index contributed by atoms with van der Waals surface area (Å²) in [5.41, 5.74) is 0.00451. The van der Waals surface area contributed by atoms with E-state index in [1.165, 1.54) is 0 Å². The number of urea groups is 1. The molecule has 1 aromatic rings. The lowest BCUT2D eigenvalue weighted by atomic mass is 10.2. The van der Waals surface area contributed by atoms with Gasteiger partial charge in [-0.15, -0.1) is 0 Å². The van der Waals surface area contributed by atoms with Gasteiger partial charge < -0.3 is 0 Å². The van der Waals surface area contributed by atoms with E-state index in [9.17, 15) is 22.4 Å². The second-order valence-electron chi connectivity index (χ2n) is 4.42. The van der Waals surface area contributed by atoms with Crippen LogP contribution >= 0.6 is 0 Å². The van der Waals surface area contributed by atoms with E-state index >= 15 is 0 Å². The molecule has 2 rings (SSSR count). The van der Waals surface area contributed by atoms with Crippen LogP contribution in [0.1, 0.15) is 12.0 Å². The molecule has 0 radical (unpaired) electrons. The monoisotopic (exact) mass is 317 g/mol. The van der Waals surface area contributed by atoms with Gasteiger partial charge in [0.05, 0.1) is 5.75 Å². The van der Waals surface area contributed by atoms with E-state index in [0.29, 0.717) is 0 Å². The third-order valence-corrected chi connectivity index (χ3v) is 3.60. The van der Waals surface area contributed by atoms with Crippen molar-refractivity contribution in [2.24, 2.45) is 0 Å². The Hall–Kier alpha value is -2.07. The van der Waals surface area contributed by atoms with Gasteiger partial charge in [-0.25, -0.2) is 14.2 Å². The van der Waals surface area contributed by atoms with Crippen molar-refractivity contribution >= 4 is 27.9 Å². The number of amides is 3. The molecule has 21 heavy (non-hydrogen) atoms. The quantitative estimate of drug-likeness (QED) is 0.761. The lowest BCUT2D eigenvalue weighted by Crippen LogP contribution is -2.49. The summed E-state index contributed by atoms with van der Waals surface area (Å²) in [5.74, 6) is -1.76. The number of carbonyl (C=O) groups is 2. The minimum Gasteiger partial charge on any atom is -0.286 e. The Morgan fingerprint density at radius 1 is 1.43 bits per heavy atom. The van der Waals surface area contributed by atoms with Crippen LogP contribution in [-0.4, -0.2) is 42.2 Å². The minimum absolute atomic E-state index is 0.00451. The number of halogens is 1. The largest absolute Gasteiger partial charge is 0.329 e. The maximum atomic E-state index is 13.8. The van der Waals surface area contributed by atoms with Crippen molar-refractivity contribution in [3.8, 4) is 0 Å². The van der Waals surface area contributed by atoms with E-state index < -0.39 is 33.6 Å². The summed E-state index contributed by atoms with van der Waals surface area (Å²) >= 11 is 0. The number of carbonyl (C=O) groups excluding carboxylic acids is 2. The molecule has 8 nitrogen and oxygen atoms in total. The van der Waals surface area contributed by atoms with Gasteiger partial charge in [-0.1, -0.05) is 0 Å². The summed E-state index contributed by atoms with van der Waals surface area (Å²) in [6.07, 6.45) is 0.946. The number of pyridine rings is 1. The molecular weight excluding hydrogens is 305 g/mol. The molecule has 10 heteroatoms. The Morgan fingerprint density at radius 3 is 2.71 bits per heavy atom. The molecule has 0 atom stereocenters. The molecule has 2 heterocycles. The number of nitrogens with one attached hydrogen (secondary N) is 1. The summed E-state index contributed by atoms with van der Waals surface area (Å²) < 4.78 is 43.7. The van der Waals surface area contributed by atoms with E-state index in [1.807, 2.05) is 0 Å². The fourth-order valence-electron chi connectivity index (χ4n) is 1.80. The van der Waals surface area contributed by atoms with Gasteiger partial charge in [0.2, 0.25) is 5.91 Å². The van der Waals surface area contributed by atoms with Gasteiger partial charge in [-0.05, 0) is 6.42 Å². The average Bonchev–Trinajstić information content (AvgIpc) is 2.36. The third-order valence-electron chi connectivity index (χ3n) is 2.88. The predicted molar refractivity (Wildman–Crippen MR) is 69.8 cm³/mol. The summed E-state index contributed by atoms with van der Waals surface area (Å²) in [6.45, 7) is 0.0848. The first kappa shape index (κ1) is 15.3. The molecule has 1 aromatic heterocycles. The second kappa shape index (κ2) is 5.74. The van der Waals surface area contributed by atoms with Crippen LogP contribution in [0.25, 0.3) is 0 Å². The minimum atomic E-state index is -4.19. The van der Waals surface area contributed by atoms with E-state index in [4.69, 9.17) is 4.55 Å². The highest BCUT2D eigenvalue weighted by atomic mass is 32.2. The Kier molecular flexibility index (Phi) is 4.19. The van der Waals surface area contributed by atoms with E-state index in [-0.39, 0.29) is 30.8 Å². The molecule has 1 fully saturated rings. The molecule has 0 bridgehead atoms. The third kappa shape index (κ3) is 3.95. The molecule has 0 unspecified atom stereocenters. The molecule has 0 aromatic carbocycles. The standard InChI is InChI=1S/C11H12FN3O5S/c12-8-5-9(15-3-1-10(16)14-11(15)17)13-6-7(8)2-4-21(18,19)20/h5-6H,1-4H2,(H,14,16,17)(H,18,19,20). The number of rotatable bonds is 4. The Labute approximate surface area is 119 Å². The van der Waals surface area contributed by atoms with Crippen LogP contribution in [-0.2, 0) is 21.3 Å². The number of nitrogens with zero attached hydrogens (tertiary/aromatic N) is 2. The van der Waals surface area contributed by atoms with Gasteiger partial charge >= 0.3 is 6.03 Å². The summed E-state index contributed by atoms with van der Waals surface area (Å²) in [4.78, 5) is 27.6. The molecule has 2 N–H and O–H groups in total. The van der Waals surface area contributed by atoms with Crippen LogP contribution in [0.2, 0.25) is 0 Å². The highest BCUT2D eigenvalue weighted by Crippen LogP contribution is 2.18. The zero-order chi connectivity index (χ0) is 15.6. The van der Waals surface area contributed by atoms with Crippen LogP contribution in [0.15, 0.2) is 12.3 Å². The highest BCUT2D eigenvalue weighted by molar-refractivity contribution is 7.85. The molecule has 0 spiro atoms. The van der Waals surface area contributed by atoms with Crippen molar-refractivity contribution < 1.29 is 27.0 Å².